The number of amides is 1. The minimum Gasteiger partial charge on any atom is -0.507 e. The smallest absolute Gasteiger partial charge is 0.350 e. The summed E-state index contributed by atoms with van der Waals surface area (Å²) >= 11 is 0.802. The number of hydrogen-bond donors (Lipinski definition) is 1. The zero-order valence-corrected chi connectivity index (χ0v) is 18.2. The molecular weight excluding hydrogens is 454 g/mol. The van der Waals surface area contributed by atoms with Gasteiger partial charge in [-0.3, -0.25) is 14.5 Å². The molecular formula is C23H16F2N2O5S. The molecule has 7 nitrogen and oxygen atoms in total. The van der Waals surface area contributed by atoms with Gasteiger partial charge in [-0.2, -0.15) is 0 Å². The van der Waals surface area contributed by atoms with Gasteiger partial charge in [-0.15, -0.1) is 0 Å². The van der Waals surface area contributed by atoms with Crippen LogP contribution in [0.1, 0.15) is 32.5 Å². The van der Waals surface area contributed by atoms with Gasteiger partial charge in [-0.25, -0.2) is 18.6 Å². The predicted molar refractivity (Wildman–Crippen MR) is 116 cm³/mol. The predicted octanol–water partition coefficient (Wildman–Crippen LogP) is 4.14. The standard InChI is InChI=1S/C23H16F2N2O5S/c1-11-20(22(31)32-2)33-23(26-11)27-17(14-5-3-4-6-15(14)25)16(19(29)21(27)30)18(28)12-7-9-13(24)10-8-12/h3-10,17,28H,1-2H3/t17-/m1/s1. The molecule has 3 aromatic rings. The highest BCUT2D eigenvalue weighted by Gasteiger charge is 2.49. The summed E-state index contributed by atoms with van der Waals surface area (Å²) in [6, 6.07) is 8.74. The van der Waals surface area contributed by atoms with E-state index >= 15 is 0 Å². The lowest BCUT2D eigenvalue weighted by molar-refractivity contribution is -0.132. The number of nitrogens with zero attached hydrogens (tertiary/aromatic N) is 2. The van der Waals surface area contributed by atoms with Gasteiger partial charge in [0.05, 0.1) is 18.4 Å². The van der Waals surface area contributed by atoms with E-state index in [9.17, 15) is 28.3 Å². The average Bonchev–Trinajstić information content (AvgIpc) is 3.30. The van der Waals surface area contributed by atoms with Crippen LogP contribution in [0.3, 0.4) is 0 Å². The number of benzene rings is 2. The van der Waals surface area contributed by atoms with Crippen molar-refractivity contribution in [1.82, 2.24) is 4.98 Å². The second kappa shape index (κ2) is 8.55. The van der Waals surface area contributed by atoms with Crippen LogP contribution in [-0.4, -0.2) is 34.9 Å². The fraction of sp³-hybridized carbons (Fsp3) is 0.130. The van der Waals surface area contributed by atoms with Gasteiger partial charge in [0.2, 0.25) is 0 Å². The van der Waals surface area contributed by atoms with Gasteiger partial charge in [-0.1, -0.05) is 29.5 Å². The Morgan fingerprint density at radius 1 is 1.12 bits per heavy atom. The summed E-state index contributed by atoms with van der Waals surface area (Å²) < 4.78 is 32.9. The van der Waals surface area contributed by atoms with E-state index < -0.39 is 41.1 Å². The number of rotatable bonds is 4. The molecule has 0 bridgehead atoms. The van der Waals surface area contributed by atoms with Crippen LogP contribution in [0, 0.1) is 18.6 Å². The third-order valence-corrected chi connectivity index (χ3v) is 6.26. The van der Waals surface area contributed by atoms with Crippen LogP contribution in [0.25, 0.3) is 5.76 Å². The summed E-state index contributed by atoms with van der Waals surface area (Å²) in [6.07, 6.45) is 0. The second-order valence-corrected chi connectivity index (χ2v) is 8.08. The van der Waals surface area contributed by atoms with Gasteiger partial charge in [0.25, 0.3) is 5.78 Å². The number of carbonyl (C=O) groups excluding carboxylic acids is 3. The molecule has 0 radical (unpaired) electrons. The van der Waals surface area contributed by atoms with Gasteiger partial charge < -0.3 is 9.84 Å². The van der Waals surface area contributed by atoms with Crippen LogP contribution in [0.15, 0.2) is 54.1 Å². The molecule has 1 saturated heterocycles. The first kappa shape index (κ1) is 22.3. The van der Waals surface area contributed by atoms with Crippen molar-refractivity contribution in [3.05, 3.63) is 87.4 Å². The topological polar surface area (TPSA) is 96.8 Å². The number of ether oxygens (including phenoxy) is 1. The molecule has 2 heterocycles. The molecule has 0 spiro atoms. The summed E-state index contributed by atoms with van der Waals surface area (Å²) in [4.78, 5) is 43.4. The molecule has 1 aromatic heterocycles. The summed E-state index contributed by atoms with van der Waals surface area (Å²) in [7, 11) is 1.19. The molecule has 1 fully saturated rings. The monoisotopic (exact) mass is 470 g/mol. The average molecular weight is 470 g/mol. The van der Waals surface area contributed by atoms with E-state index in [1.54, 1.807) is 0 Å². The number of halogens is 2. The van der Waals surface area contributed by atoms with E-state index in [4.69, 9.17) is 4.74 Å². The van der Waals surface area contributed by atoms with Crippen molar-refractivity contribution in [3.63, 3.8) is 0 Å². The van der Waals surface area contributed by atoms with Crippen LogP contribution in [-0.2, 0) is 14.3 Å². The molecule has 0 unspecified atom stereocenters. The molecule has 0 aliphatic carbocycles. The largest absolute Gasteiger partial charge is 0.507 e. The van der Waals surface area contributed by atoms with Gasteiger partial charge in [0.1, 0.15) is 28.3 Å². The molecule has 4 rings (SSSR count). The number of ketones is 1. The number of aromatic nitrogens is 1. The van der Waals surface area contributed by atoms with Crippen molar-refractivity contribution in [3.8, 4) is 0 Å². The molecule has 1 amide bonds. The first-order valence-corrected chi connectivity index (χ1v) is 10.4. The quantitative estimate of drug-likeness (QED) is 0.266. The molecule has 2 aromatic carbocycles. The van der Waals surface area contributed by atoms with Crippen LogP contribution in [0.5, 0.6) is 0 Å². The molecule has 168 valence electrons. The Bertz CT molecular complexity index is 1320. The van der Waals surface area contributed by atoms with Crippen LogP contribution in [0.4, 0.5) is 13.9 Å². The number of methoxy groups -OCH3 is 1. The fourth-order valence-corrected chi connectivity index (χ4v) is 4.56. The highest BCUT2D eigenvalue weighted by Crippen LogP contribution is 2.44. The molecule has 0 saturated carbocycles. The van der Waals surface area contributed by atoms with E-state index in [0.29, 0.717) is 0 Å². The Kier molecular flexibility index (Phi) is 5.77. The van der Waals surface area contributed by atoms with E-state index in [2.05, 4.69) is 4.98 Å². The maximum Gasteiger partial charge on any atom is 0.350 e. The first-order chi connectivity index (χ1) is 15.7. The molecule has 10 heteroatoms. The van der Waals surface area contributed by atoms with Gasteiger partial charge in [-0.05, 0) is 37.3 Å². The lowest BCUT2D eigenvalue weighted by Gasteiger charge is -2.23. The summed E-state index contributed by atoms with van der Waals surface area (Å²) in [6.45, 7) is 1.53. The van der Waals surface area contributed by atoms with Gasteiger partial charge in [0, 0.05) is 11.1 Å². The minimum absolute atomic E-state index is 0.0404. The number of esters is 1. The molecule has 1 atom stereocenters. The lowest BCUT2D eigenvalue weighted by Crippen LogP contribution is -2.29. The fourth-order valence-electron chi connectivity index (χ4n) is 3.55. The van der Waals surface area contributed by atoms with Crippen molar-refractivity contribution in [1.29, 1.82) is 0 Å². The maximum absolute atomic E-state index is 14.8. The van der Waals surface area contributed by atoms with Crippen LogP contribution < -0.4 is 4.90 Å². The zero-order valence-electron chi connectivity index (χ0n) is 17.3. The van der Waals surface area contributed by atoms with Crippen molar-refractivity contribution in [2.75, 3.05) is 12.0 Å². The molecule has 1 aliphatic rings. The molecule has 33 heavy (non-hydrogen) atoms. The van der Waals surface area contributed by atoms with Crippen LogP contribution in [0.2, 0.25) is 0 Å². The SMILES string of the molecule is COC(=O)c1sc(N2C(=O)C(=O)C(=C(O)c3ccc(F)cc3)[C@H]2c2ccccc2F)nc1C. The number of Topliss-reactive ketones (excluding diaryl/α,β-unsaturated/α-hetero) is 1. The second-order valence-electron chi connectivity index (χ2n) is 7.10. The third-order valence-electron chi connectivity index (χ3n) is 5.12. The van der Waals surface area contributed by atoms with Crippen molar-refractivity contribution >= 4 is 39.9 Å². The van der Waals surface area contributed by atoms with E-state index in [-0.39, 0.29) is 32.4 Å². The highest BCUT2D eigenvalue weighted by atomic mass is 32.1. The third kappa shape index (κ3) is 3.78. The summed E-state index contributed by atoms with van der Waals surface area (Å²) in [5, 5.41) is 10.9. The number of anilines is 1. The van der Waals surface area contributed by atoms with Gasteiger partial charge in [0.15, 0.2) is 5.13 Å². The first-order valence-electron chi connectivity index (χ1n) is 9.61. The Labute approximate surface area is 190 Å². The Hall–Kier alpha value is -3.92. The van der Waals surface area contributed by atoms with Crippen LogP contribution >= 0.6 is 11.3 Å². The number of carbonyl (C=O) groups is 3. The van der Waals surface area contributed by atoms with Crippen molar-refractivity contribution < 1.29 is 33.0 Å². The lowest BCUT2D eigenvalue weighted by atomic mass is 9.95. The normalized spacial score (nSPS) is 17.5. The number of thiazole rings is 1. The zero-order chi connectivity index (χ0) is 23.9. The Morgan fingerprint density at radius 2 is 1.79 bits per heavy atom. The van der Waals surface area contributed by atoms with Gasteiger partial charge >= 0.3 is 11.9 Å². The van der Waals surface area contributed by atoms with Crippen molar-refractivity contribution in [2.24, 2.45) is 0 Å². The number of aliphatic hydroxyl groups is 1. The molecule has 1 aliphatic heterocycles. The summed E-state index contributed by atoms with van der Waals surface area (Å²) in [5.41, 5.74) is -0.118. The maximum atomic E-state index is 14.8. The van der Waals surface area contributed by atoms with E-state index in [0.717, 1.165) is 34.4 Å². The number of hydrogen-bond acceptors (Lipinski definition) is 7. The molecule has 1 N–H and O–H groups in total. The van der Waals surface area contributed by atoms with E-state index in [1.165, 1.54) is 44.4 Å². The number of aliphatic hydroxyl groups excluding tert-OH is 1. The minimum atomic E-state index is -1.37. The Balaban J connectivity index is 1.95. The summed E-state index contributed by atoms with van der Waals surface area (Å²) in [5.74, 6) is -4.69. The van der Waals surface area contributed by atoms with E-state index in [1.807, 2.05) is 0 Å². The number of aryl methyl sites for hydroxylation is 1. The van der Waals surface area contributed by atoms with Crippen molar-refractivity contribution in [2.45, 2.75) is 13.0 Å². The Morgan fingerprint density at radius 3 is 2.42 bits per heavy atom. The highest BCUT2D eigenvalue weighted by molar-refractivity contribution is 7.17.